The van der Waals surface area contributed by atoms with Gasteiger partial charge in [-0.2, -0.15) is 11.3 Å². The molecule has 158 valence electrons. The number of carbonyl (C=O) groups is 2. The summed E-state index contributed by atoms with van der Waals surface area (Å²) in [4.78, 5) is 27.6. The second-order valence-corrected chi connectivity index (χ2v) is 9.18. The molecule has 0 radical (unpaired) electrons. The lowest BCUT2D eigenvalue weighted by atomic mass is 9.73. The van der Waals surface area contributed by atoms with Gasteiger partial charge in [-0.1, -0.05) is 6.07 Å². The lowest BCUT2D eigenvalue weighted by molar-refractivity contribution is -0.140. The Morgan fingerprint density at radius 1 is 1.23 bits per heavy atom. The molecule has 0 saturated heterocycles. The predicted octanol–water partition coefficient (Wildman–Crippen LogP) is 4.75. The first-order valence-corrected chi connectivity index (χ1v) is 12.0. The lowest BCUT2D eigenvalue weighted by Crippen LogP contribution is -2.36. The number of dihydropyridines is 1. The van der Waals surface area contributed by atoms with E-state index in [9.17, 15) is 9.59 Å². The molecule has 0 fully saturated rings. The molecule has 3 heterocycles. The van der Waals surface area contributed by atoms with Crippen molar-refractivity contribution in [2.24, 2.45) is 0 Å². The Balaban J connectivity index is 1.66. The molecule has 2 aromatic rings. The van der Waals surface area contributed by atoms with Crippen molar-refractivity contribution in [1.29, 1.82) is 0 Å². The minimum atomic E-state index is -0.393. The first-order chi connectivity index (χ1) is 14.6. The van der Waals surface area contributed by atoms with Crippen molar-refractivity contribution in [2.45, 2.75) is 38.5 Å². The summed E-state index contributed by atoms with van der Waals surface area (Å²) in [5, 5.41) is 9.42. The number of nitrogens with one attached hydrogen (secondary N) is 1. The van der Waals surface area contributed by atoms with Crippen LogP contribution in [0.3, 0.4) is 0 Å². The SMILES string of the molecule is CCOCCOC(=O)C1=C(C)NC2=C(C(=O)C[C@H](c3cccs3)C2)[C@@H]1c1ccsc1. The molecule has 0 unspecified atom stereocenters. The lowest BCUT2D eigenvalue weighted by Gasteiger charge is -2.36. The summed E-state index contributed by atoms with van der Waals surface area (Å²) >= 11 is 3.25. The van der Waals surface area contributed by atoms with Gasteiger partial charge in [-0.05, 0) is 54.1 Å². The standard InChI is InChI=1S/C23H25NO4S2/c1-3-27-7-8-28-23(26)20-14(2)24-17-11-16(19-5-4-9-30-19)12-18(25)22(17)21(20)15-6-10-29-13-15/h4-6,9-10,13,16,21,24H,3,7-8,11-12H2,1-2H3/t16-,21-/m1/s1. The van der Waals surface area contributed by atoms with Crippen molar-refractivity contribution in [2.75, 3.05) is 19.8 Å². The normalized spacial score (nSPS) is 21.5. The van der Waals surface area contributed by atoms with Crippen LogP contribution in [0.1, 0.15) is 49.0 Å². The van der Waals surface area contributed by atoms with E-state index in [1.165, 1.54) is 4.88 Å². The van der Waals surface area contributed by atoms with Crippen molar-refractivity contribution in [3.8, 4) is 0 Å². The zero-order valence-electron chi connectivity index (χ0n) is 17.1. The van der Waals surface area contributed by atoms with E-state index in [0.29, 0.717) is 30.8 Å². The van der Waals surface area contributed by atoms with Crippen molar-refractivity contribution >= 4 is 34.4 Å². The molecular weight excluding hydrogens is 418 g/mol. The maximum atomic E-state index is 13.3. The zero-order valence-corrected chi connectivity index (χ0v) is 18.7. The number of hydrogen-bond acceptors (Lipinski definition) is 7. The summed E-state index contributed by atoms with van der Waals surface area (Å²) in [5.74, 6) is -0.496. The second-order valence-electron chi connectivity index (χ2n) is 7.42. The first-order valence-electron chi connectivity index (χ1n) is 10.1. The summed E-state index contributed by atoms with van der Waals surface area (Å²) in [7, 11) is 0. The zero-order chi connectivity index (χ0) is 21.1. The third kappa shape index (κ3) is 4.15. The van der Waals surface area contributed by atoms with Crippen LogP contribution in [0, 0.1) is 0 Å². The molecule has 1 aliphatic heterocycles. The largest absolute Gasteiger partial charge is 0.460 e. The molecule has 1 aliphatic carbocycles. The average Bonchev–Trinajstić information content (AvgIpc) is 3.44. The van der Waals surface area contributed by atoms with Gasteiger partial charge in [0.25, 0.3) is 0 Å². The number of Topliss-reactive ketones (excluding diaryl/α,β-unsaturated/α-hetero) is 1. The molecule has 0 bridgehead atoms. The summed E-state index contributed by atoms with van der Waals surface area (Å²) in [6.45, 7) is 4.93. The van der Waals surface area contributed by atoms with Crippen LogP contribution in [-0.4, -0.2) is 31.6 Å². The molecule has 2 aliphatic rings. The number of thiophene rings is 2. The minimum Gasteiger partial charge on any atom is -0.460 e. The third-order valence-corrected chi connectivity index (χ3v) is 7.27. The molecule has 0 aromatic carbocycles. The fraction of sp³-hybridized carbons (Fsp3) is 0.391. The fourth-order valence-corrected chi connectivity index (χ4v) is 5.74. The van der Waals surface area contributed by atoms with Crippen LogP contribution in [0.25, 0.3) is 0 Å². The van der Waals surface area contributed by atoms with E-state index < -0.39 is 5.97 Å². The molecule has 2 aromatic heterocycles. The molecule has 0 amide bonds. The summed E-state index contributed by atoms with van der Waals surface area (Å²) in [6, 6.07) is 6.11. The van der Waals surface area contributed by atoms with Crippen LogP contribution < -0.4 is 5.32 Å². The Kier molecular flexibility index (Phi) is 6.51. The maximum Gasteiger partial charge on any atom is 0.336 e. The van der Waals surface area contributed by atoms with Crippen LogP contribution in [0.15, 0.2) is 56.9 Å². The second kappa shape index (κ2) is 9.29. The molecule has 1 N–H and O–H groups in total. The van der Waals surface area contributed by atoms with Gasteiger partial charge in [-0.3, -0.25) is 4.79 Å². The number of ether oxygens (including phenoxy) is 2. The van der Waals surface area contributed by atoms with E-state index in [-0.39, 0.29) is 24.2 Å². The van der Waals surface area contributed by atoms with Gasteiger partial charge in [0, 0.05) is 46.7 Å². The van der Waals surface area contributed by atoms with Crippen LogP contribution >= 0.6 is 22.7 Å². The van der Waals surface area contributed by atoms with Crippen LogP contribution in [0.2, 0.25) is 0 Å². The summed E-state index contributed by atoms with van der Waals surface area (Å²) in [5.41, 5.74) is 3.89. The Morgan fingerprint density at radius 2 is 2.10 bits per heavy atom. The predicted molar refractivity (Wildman–Crippen MR) is 119 cm³/mol. The van der Waals surface area contributed by atoms with Gasteiger partial charge in [0.05, 0.1) is 12.2 Å². The first kappa shape index (κ1) is 21.0. The number of ketones is 1. The Hall–Kier alpha value is -2.22. The maximum absolute atomic E-state index is 13.3. The molecular formula is C23H25NO4S2. The number of esters is 1. The van der Waals surface area contributed by atoms with E-state index in [1.807, 2.05) is 42.1 Å². The topological polar surface area (TPSA) is 64.6 Å². The third-order valence-electron chi connectivity index (χ3n) is 5.53. The summed E-state index contributed by atoms with van der Waals surface area (Å²) in [6.07, 6.45) is 1.24. The number of hydrogen-bond donors (Lipinski definition) is 1. The van der Waals surface area contributed by atoms with Gasteiger partial charge in [-0.15, -0.1) is 11.3 Å². The molecule has 7 heteroatoms. The minimum absolute atomic E-state index is 0.102. The van der Waals surface area contributed by atoms with Gasteiger partial charge in [0.2, 0.25) is 0 Å². The van der Waals surface area contributed by atoms with Crippen LogP contribution in [0.5, 0.6) is 0 Å². The molecule has 2 atom stereocenters. The number of carbonyl (C=O) groups excluding carboxylic acids is 2. The molecule has 5 nitrogen and oxygen atoms in total. The van der Waals surface area contributed by atoms with Gasteiger partial charge in [0.15, 0.2) is 5.78 Å². The van der Waals surface area contributed by atoms with E-state index >= 15 is 0 Å². The van der Waals surface area contributed by atoms with Crippen LogP contribution in [-0.2, 0) is 19.1 Å². The molecule has 0 spiro atoms. The van der Waals surface area contributed by atoms with E-state index in [2.05, 4.69) is 11.4 Å². The van der Waals surface area contributed by atoms with Gasteiger partial charge in [0.1, 0.15) is 6.61 Å². The highest BCUT2D eigenvalue weighted by Crippen LogP contribution is 2.46. The highest BCUT2D eigenvalue weighted by molar-refractivity contribution is 7.10. The molecule has 4 rings (SSSR count). The molecule has 0 saturated carbocycles. The Bertz CT molecular complexity index is 973. The average molecular weight is 444 g/mol. The van der Waals surface area contributed by atoms with Crippen molar-refractivity contribution in [1.82, 2.24) is 5.32 Å². The summed E-state index contributed by atoms with van der Waals surface area (Å²) < 4.78 is 10.8. The van der Waals surface area contributed by atoms with Crippen molar-refractivity contribution in [3.63, 3.8) is 0 Å². The quantitative estimate of drug-likeness (QED) is 0.494. The highest BCUT2D eigenvalue weighted by atomic mass is 32.1. The van der Waals surface area contributed by atoms with Gasteiger partial charge < -0.3 is 14.8 Å². The van der Waals surface area contributed by atoms with Gasteiger partial charge >= 0.3 is 5.97 Å². The highest BCUT2D eigenvalue weighted by Gasteiger charge is 2.41. The van der Waals surface area contributed by atoms with Gasteiger partial charge in [-0.25, -0.2) is 4.79 Å². The van der Waals surface area contributed by atoms with Crippen molar-refractivity contribution in [3.05, 3.63) is 67.3 Å². The smallest absolute Gasteiger partial charge is 0.336 e. The number of rotatable bonds is 7. The van der Waals surface area contributed by atoms with E-state index in [0.717, 1.165) is 23.4 Å². The van der Waals surface area contributed by atoms with Crippen molar-refractivity contribution < 1.29 is 19.1 Å². The monoisotopic (exact) mass is 443 g/mol. The van der Waals surface area contributed by atoms with E-state index in [1.54, 1.807) is 22.7 Å². The Labute approximate surface area is 184 Å². The molecule has 30 heavy (non-hydrogen) atoms. The number of allylic oxidation sites excluding steroid dienone is 3. The Morgan fingerprint density at radius 3 is 2.80 bits per heavy atom. The van der Waals surface area contributed by atoms with E-state index in [4.69, 9.17) is 9.47 Å². The van der Waals surface area contributed by atoms with Crippen LogP contribution in [0.4, 0.5) is 0 Å². The fourth-order valence-electron chi connectivity index (χ4n) is 4.22.